The number of H-pyrrole nitrogens is 2. The van der Waals surface area contributed by atoms with Crippen LogP contribution in [-0.4, -0.2) is 33.7 Å². The molecule has 134 valence electrons. The van der Waals surface area contributed by atoms with Gasteiger partial charge in [-0.1, -0.05) is 34.1 Å². The molecule has 0 aliphatic carbocycles. The van der Waals surface area contributed by atoms with Crippen LogP contribution in [0.25, 0.3) is 21.8 Å². The van der Waals surface area contributed by atoms with Crippen molar-refractivity contribution in [2.45, 2.75) is 11.8 Å². The zero-order chi connectivity index (χ0) is 18.7. The Morgan fingerprint density at radius 1 is 0.852 bits per heavy atom. The number of nitrogens with zero attached hydrogens (tertiary/aromatic N) is 1. The van der Waals surface area contributed by atoms with Crippen molar-refractivity contribution in [2.24, 2.45) is 0 Å². The van der Waals surface area contributed by atoms with Crippen LogP contribution in [0.1, 0.15) is 23.0 Å². The van der Waals surface area contributed by atoms with Crippen molar-refractivity contribution in [2.75, 3.05) is 7.05 Å². The first-order valence-corrected chi connectivity index (χ1v) is 9.49. The van der Waals surface area contributed by atoms with E-state index in [4.69, 9.17) is 0 Å². The molecular formula is C21H16BrN3O2. The highest BCUT2D eigenvalue weighted by Gasteiger charge is 2.48. The maximum atomic E-state index is 13.1. The average Bonchev–Trinajstić information content (AvgIpc) is 3.33. The third kappa shape index (κ3) is 2.29. The molecule has 3 heterocycles. The van der Waals surface area contributed by atoms with Gasteiger partial charge in [-0.2, -0.15) is 0 Å². The van der Waals surface area contributed by atoms with Gasteiger partial charge >= 0.3 is 0 Å². The third-order valence-electron chi connectivity index (χ3n) is 5.49. The number of hydrogen-bond donors (Lipinski definition) is 2. The molecule has 4 aromatic rings. The van der Waals surface area contributed by atoms with Crippen LogP contribution in [-0.2, 0) is 9.59 Å². The van der Waals surface area contributed by atoms with Crippen molar-refractivity contribution >= 4 is 49.6 Å². The van der Waals surface area contributed by atoms with E-state index in [1.165, 1.54) is 4.90 Å². The van der Waals surface area contributed by atoms with E-state index in [1.54, 1.807) is 7.05 Å². The van der Waals surface area contributed by atoms with Crippen molar-refractivity contribution in [1.29, 1.82) is 0 Å². The van der Waals surface area contributed by atoms with Crippen LogP contribution in [0.3, 0.4) is 0 Å². The SMILES string of the molecule is CN1C(=O)C(c2c[nH]c3ccccc23)C(c2c[nH]c3ccc(Br)cc23)C1=O. The Morgan fingerprint density at radius 3 is 2.15 bits per heavy atom. The molecule has 2 aromatic heterocycles. The molecule has 5 nitrogen and oxygen atoms in total. The number of hydrogen-bond acceptors (Lipinski definition) is 2. The molecule has 1 aliphatic heterocycles. The van der Waals surface area contributed by atoms with Crippen molar-refractivity contribution < 1.29 is 9.59 Å². The number of carbonyl (C=O) groups excluding carboxylic acids is 2. The number of aromatic amines is 2. The van der Waals surface area contributed by atoms with Gasteiger partial charge in [-0.05, 0) is 35.4 Å². The van der Waals surface area contributed by atoms with E-state index in [0.29, 0.717) is 0 Å². The predicted molar refractivity (Wildman–Crippen MR) is 108 cm³/mol. The van der Waals surface area contributed by atoms with Crippen LogP contribution >= 0.6 is 15.9 Å². The summed E-state index contributed by atoms with van der Waals surface area (Å²) in [6, 6.07) is 13.8. The van der Waals surface area contributed by atoms with Gasteiger partial charge in [-0.25, -0.2) is 0 Å². The Morgan fingerprint density at radius 2 is 1.44 bits per heavy atom. The van der Waals surface area contributed by atoms with Crippen LogP contribution in [0.15, 0.2) is 59.3 Å². The minimum absolute atomic E-state index is 0.168. The van der Waals surface area contributed by atoms with Gasteiger partial charge in [-0.3, -0.25) is 14.5 Å². The maximum Gasteiger partial charge on any atom is 0.237 e. The number of para-hydroxylation sites is 1. The van der Waals surface area contributed by atoms with Gasteiger partial charge in [-0.15, -0.1) is 0 Å². The summed E-state index contributed by atoms with van der Waals surface area (Å²) in [5.74, 6) is -1.43. The van der Waals surface area contributed by atoms with E-state index in [9.17, 15) is 9.59 Å². The highest BCUT2D eigenvalue weighted by molar-refractivity contribution is 9.10. The fraction of sp³-hybridized carbons (Fsp3) is 0.143. The highest BCUT2D eigenvalue weighted by atomic mass is 79.9. The van der Waals surface area contributed by atoms with E-state index in [0.717, 1.165) is 37.4 Å². The molecule has 1 fully saturated rings. The molecule has 0 saturated carbocycles. The number of aromatic nitrogens is 2. The number of likely N-dealkylation sites (tertiary alicyclic amines) is 1. The Bertz CT molecular complexity index is 1220. The molecule has 2 atom stereocenters. The second kappa shape index (κ2) is 5.82. The monoisotopic (exact) mass is 421 g/mol. The van der Waals surface area contributed by atoms with Gasteiger partial charge in [0, 0.05) is 45.7 Å². The summed E-state index contributed by atoms with van der Waals surface area (Å²) in [4.78, 5) is 33.8. The fourth-order valence-corrected chi connectivity index (χ4v) is 4.52. The first kappa shape index (κ1) is 16.3. The lowest BCUT2D eigenvalue weighted by Gasteiger charge is -2.14. The lowest BCUT2D eigenvalue weighted by atomic mass is 9.83. The first-order valence-electron chi connectivity index (χ1n) is 8.70. The fourth-order valence-electron chi connectivity index (χ4n) is 4.16. The minimum atomic E-state index is -0.551. The van der Waals surface area contributed by atoms with Gasteiger partial charge in [0.2, 0.25) is 11.8 Å². The largest absolute Gasteiger partial charge is 0.361 e. The van der Waals surface area contributed by atoms with Crippen LogP contribution in [0, 0.1) is 0 Å². The number of carbonyl (C=O) groups is 2. The van der Waals surface area contributed by atoms with Crippen LogP contribution in [0.5, 0.6) is 0 Å². The number of imide groups is 1. The zero-order valence-corrected chi connectivity index (χ0v) is 16.1. The summed E-state index contributed by atoms with van der Waals surface area (Å²) in [6.07, 6.45) is 3.71. The van der Waals surface area contributed by atoms with Crippen molar-refractivity contribution in [3.05, 3.63) is 70.5 Å². The van der Waals surface area contributed by atoms with E-state index >= 15 is 0 Å². The maximum absolute atomic E-state index is 13.1. The number of fused-ring (bicyclic) bond motifs is 2. The molecule has 2 aromatic carbocycles. The number of likely N-dealkylation sites (N-methyl/N-ethyl adjacent to an activating group) is 1. The lowest BCUT2D eigenvalue weighted by molar-refractivity contribution is -0.137. The summed E-state index contributed by atoms with van der Waals surface area (Å²) in [7, 11) is 1.57. The highest BCUT2D eigenvalue weighted by Crippen LogP contribution is 2.45. The lowest BCUT2D eigenvalue weighted by Crippen LogP contribution is -2.25. The molecule has 27 heavy (non-hydrogen) atoms. The molecular weight excluding hydrogens is 406 g/mol. The molecule has 1 aliphatic rings. The molecule has 0 spiro atoms. The third-order valence-corrected chi connectivity index (χ3v) is 5.99. The zero-order valence-electron chi connectivity index (χ0n) is 14.5. The van der Waals surface area contributed by atoms with Crippen LogP contribution < -0.4 is 0 Å². The summed E-state index contributed by atoms with van der Waals surface area (Å²) < 4.78 is 0.935. The average molecular weight is 422 g/mol. The topological polar surface area (TPSA) is 69.0 Å². The molecule has 6 heteroatoms. The normalized spacial score (nSPS) is 20.3. The van der Waals surface area contributed by atoms with Crippen LogP contribution in [0.4, 0.5) is 0 Å². The smallest absolute Gasteiger partial charge is 0.237 e. The Hall–Kier alpha value is -2.86. The molecule has 2 unspecified atom stereocenters. The first-order chi connectivity index (χ1) is 13.1. The predicted octanol–water partition coefficient (Wildman–Crippen LogP) is 4.28. The molecule has 0 radical (unpaired) electrons. The molecule has 2 amide bonds. The van der Waals surface area contributed by atoms with Crippen molar-refractivity contribution in [3.8, 4) is 0 Å². The Kier molecular flexibility index (Phi) is 3.52. The van der Waals surface area contributed by atoms with Gasteiger partial charge < -0.3 is 9.97 Å². The number of halogens is 1. The van der Waals surface area contributed by atoms with Gasteiger partial charge in [0.1, 0.15) is 0 Å². The molecule has 0 bridgehead atoms. The second-order valence-corrected chi connectivity index (χ2v) is 7.83. The van der Waals surface area contributed by atoms with Crippen molar-refractivity contribution in [1.82, 2.24) is 14.9 Å². The Balaban J connectivity index is 1.74. The number of nitrogens with one attached hydrogen (secondary N) is 2. The van der Waals surface area contributed by atoms with Crippen molar-refractivity contribution in [3.63, 3.8) is 0 Å². The van der Waals surface area contributed by atoms with Gasteiger partial charge in [0.25, 0.3) is 0 Å². The summed E-state index contributed by atoms with van der Waals surface area (Å²) >= 11 is 3.50. The summed E-state index contributed by atoms with van der Waals surface area (Å²) in [6.45, 7) is 0. The number of amides is 2. The number of rotatable bonds is 2. The molecule has 1 saturated heterocycles. The van der Waals surface area contributed by atoms with E-state index in [1.807, 2.05) is 54.9 Å². The van der Waals surface area contributed by atoms with Gasteiger partial charge in [0.15, 0.2) is 0 Å². The summed E-state index contributed by atoms with van der Waals surface area (Å²) in [5, 5.41) is 1.93. The minimum Gasteiger partial charge on any atom is -0.361 e. The molecule has 2 N–H and O–H groups in total. The Labute approximate surface area is 163 Å². The molecule has 5 rings (SSSR count). The standard InChI is InChI=1S/C21H16BrN3O2/c1-25-20(26)18(14-9-23-16-5-3-2-4-12(14)16)19(21(25)27)15-10-24-17-7-6-11(22)8-13(15)17/h2-10,18-19,23-24H,1H3. The van der Waals surface area contributed by atoms with Gasteiger partial charge in [0.05, 0.1) is 11.8 Å². The van der Waals surface area contributed by atoms with E-state index < -0.39 is 11.8 Å². The van der Waals surface area contributed by atoms with E-state index in [-0.39, 0.29) is 11.8 Å². The quantitative estimate of drug-likeness (QED) is 0.474. The van der Waals surface area contributed by atoms with Crippen LogP contribution in [0.2, 0.25) is 0 Å². The van der Waals surface area contributed by atoms with E-state index in [2.05, 4.69) is 25.9 Å². The number of benzene rings is 2. The summed E-state index contributed by atoms with van der Waals surface area (Å²) in [5.41, 5.74) is 3.62. The second-order valence-electron chi connectivity index (χ2n) is 6.91.